The molecule has 0 aliphatic rings. The Morgan fingerprint density at radius 2 is 1.90 bits per heavy atom. The Morgan fingerprint density at radius 1 is 1.10 bits per heavy atom. The molecule has 0 aliphatic carbocycles. The Labute approximate surface area is 192 Å². The van der Waals surface area contributed by atoms with Crippen LogP contribution in [0.1, 0.15) is 10.4 Å². The van der Waals surface area contributed by atoms with Crippen molar-refractivity contribution < 1.29 is 13.2 Å². The summed E-state index contributed by atoms with van der Waals surface area (Å²) in [6, 6.07) is 12.9. The predicted octanol–water partition coefficient (Wildman–Crippen LogP) is 5.77. The lowest BCUT2D eigenvalue weighted by Crippen LogP contribution is -2.13. The number of H-pyrrole nitrogens is 1. The van der Waals surface area contributed by atoms with E-state index in [2.05, 4.69) is 15.3 Å². The van der Waals surface area contributed by atoms with E-state index >= 15 is 0 Å². The average molecular weight is 492 g/mol. The fraction of sp³-hybridized carbons (Fsp3) is 0.0476. The second-order valence-electron chi connectivity index (χ2n) is 6.69. The van der Waals surface area contributed by atoms with E-state index in [4.69, 9.17) is 23.2 Å². The second-order valence-corrected chi connectivity index (χ2v) is 10.5. The second kappa shape index (κ2) is 8.47. The third-order valence-electron chi connectivity index (χ3n) is 4.46. The molecule has 0 spiro atoms. The normalized spacial score (nSPS) is 11.5. The number of hydrogen-bond acceptors (Lipinski definition) is 5. The van der Waals surface area contributed by atoms with Crippen LogP contribution in [0, 0.1) is 0 Å². The maximum absolute atomic E-state index is 12.7. The van der Waals surface area contributed by atoms with Crippen LogP contribution in [0.3, 0.4) is 0 Å². The summed E-state index contributed by atoms with van der Waals surface area (Å²) in [7, 11) is -3.42. The summed E-state index contributed by atoms with van der Waals surface area (Å²) < 4.78 is 23.3. The number of thiophene rings is 1. The first kappa shape index (κ1) is 21.6. The molecule has 0 unspecified atom stereocenters. The van der Waals surface area contributed by atoms with Gasteiger partial charge in [-0.2, -0.15) is 0 Å². The molecule has 2 aromatic carbocycles. The predicted molar refractivity (Wildman–Crippen MR) is 125 cm³/mol. The minimum atomic E-state index is -3.42. The molecule has 4 rings (SSSR count). The maximum atomic E-state index is 12.7. The molecule has 0 aliphatic heterocycles. The van der Waals surface area contributed by atoms with Crippen LogP contribution < -0.4 is 5.32 Å². The summed E-state index contributed by atoms with van der Waals surface area (Å²) in [4.78, 5) is 21.4. The van der Waals surface area contributed by atoms with Gasteiger partial charge in [0.25, 0.3) is 5.91 Å². The monoisotopic (exact) mass is 491 g/mol. The number of nitrogens with zero attached hydrogens (tertiary/aromatic N) is 1. The van der Waals surface area contributed by atoms with Crippen molar-refractivity contribution in [3.8, 4) is 22.0 Å². The van der Waals surface area contributed by atoms with E-state index in [1.807, 2.05) is 17.5 Å². The zero-order valence-electron chi connectivity index (χ0n) is 16.0. The van der Waals surface area contributed by atoms with E-state index in [1.54, 1.807) is 35.7 Å². The van der Waals surface area contributed by atoms with Crippen LogP contribution in [0.15, 0.2) is 65.0 Å². The molecule has 10 heteroatoms. The number of anilines is 1. The number of aromatic amines is 1. The zero-order chi connectivity index (χ0) is 22.2. The van der Waals surface area contributed by atoms with Crippen molar-refractivity contribution in [2.45, 2.75) is 4.90 Å². The highest BCUT2D eigenvalue weighted by atomic mass is 35.5. The standard InChI is InChI=1S/C21H15Cl2N3O3S2/c1-31(28,29)13-5-6-14(17(23)10-13)21(27)25-12-4-7-16(22)15(9-12)20-24-11-18(26-20)19-3-2-8-30-19/h2-11H,1H3,(H,24,26)(H,25,27). The number of aromatic nitrogens is 2. The summed E-state index contributed by atoms with van der Waals surface area (Å²) in [6.45, 7) is 0. The van der Waals surface area contributed by atoms with Crippen molar-refractivity contribution in [2.24, 2.45) is 0 Å². The molecule has 1 amide bonds. The summed E-state index contributed by atoms with van der Waals surface area (Å²) in [5.41, 5.74) is 2.14. The Morgan fingerprint density at radius 3 is 2.58 bits per heavy atom. The van der Waals surface area contributed by atoms with Gasteiger partial charge in [-0.25, -0.2) is 13.4 Å². The highest BCUT2D eigenvalue weighted by Crippen LogP contribution is 2.32. The number of amides is 1. The fourth-order valence-corrected chi connectivity index (χ4v) is 4.79. The molecular weight excluding hydrogens is 477 g/mol. The first-order chi connectivity index (χ1) is 14.7. The van der Waals surface area contributed by atoms with Gasteiger partial charge in [-0.05, 0) is 47.8 Å². The minimum absolute atomic E-state index is 0.0428. The van der Waals surface area contributed by atoms with Gasteiger partial charge in [0.2, 0.25) is 0 Å². The van der Waals surface area contributed by atoms with Crippen LogP contribution in [0.25, 0.3) is 22.0 Å². The lowest BCUT2D eigenvalue weighted by Gasteiger charge is -2.10. The number of hydrogen-bond donors (Lipinski definition) is 2. The molecule has 0 radical (unpaired) electrons. The fourth-order valence-electron chi connectivity index (χ4n) is 2.91. The number of carbonyl (C=O) groups excluding carboxylic acids is 1. The number of benzene rings is 2. The lowest BCUT2D eigenvalue weighted by atomic mass is 10.1. The van der Waals surface area contributed by atoms with Crippen LogP contribution in [-0.2, 0) is 9.84 Å². The molecule has 0 saturated carbocycles. The topological polar surface area (TPSA) is 91.9 Å². The van der Waals surface area contributed by atoms with Gasteiger partial charge >= 0.3 is 0 Å². The van der Waals surface area contributed by atoms with E-state index in [0.29, 0.717) is 22.1 Å². The molecule has 2 heterocycles. The van der Waals surface area contributed by atoms with Gasteiger partial charge < -0.3 is 10.3 Å². The zero-order valence-corrected chi connectivity index (χ0v) is 19.2. The van der Waals surface area contributed by atoms with E-state index in [0.717, 1.165) is 16.8 Å². The van der Waals surface area contributed by atoms with Crippen molar-refractivity contribution in [1.29, 1.82) is 0 Å². The van der Waals surface area contributed by atoms with Crippen LogP contribution >= 0.6 is 34.5 Å². The summed E-state index contributed by atoms with van der Waals surface area (Å²) >= 11 is 14.1. The SMILES string of the molecule is CS(=O)(=O)c1ccc(C(=O)Nc2ccc(Cl)c(-c3ncc(-c4cccs4)[nH]3)c2)c(Cl)c1. The third kappa shape index (κ3) is 4.67. The van der Waals surface area contributed by atoms with Gasteiger partial charge in [0.05, 0.1) is 37.3 Å². The van der Waals surface area contributed by atoms with E-state index < -0.39 is 15.7 Å². The summed E-state index contributed by atoms with van der Waals surface area (Å²) in [5.74, 6) is 0.0945. The number of halogens is 2. The molecular formula is C21H15Cl2N3O3S2. The molecule has 0 fully saturated rings. The van der Waals surface area contributed by atoms with Crippen molar-refractivity contribution in [3.63, 3.8) is 0 Å². The Kier molecular flexibility index (Phi) is 5.90. The molecule has 4 aromatic rings. The van der Waals surface area contributed by atoms with Gasteiger partial charge in [-0.15, -0.1) is 11.3 Å². The van der Waals surface area contributed by atoms with Crippen LogP contribution in [-0.4, -0.2) is 30.5 Å². The highest BCUT2D eigenvalue weighted by molar-refractivity contribution is 7.90. The van der Waals surface area contributed by atoms with Crippen molar-refractivity contribution in [3.05, 3.63) is 75.7 Å². The number of imidazole rings is 1. The van der Waals surface area contributed by atoms with Crippen LogP contribution in [0.5, 0.6) is 0 Å². The quantitative estimate of drug-likeness (QED) is 0.370. The van der Waals surface area contributed by atoms with Gasteiger partial charge in [-0.3, -0.25) is 4.79 Å². The largest absolute Gasteiger partial charge is 0.337 e. The maximum Gasteiger partial charge on any atom is 0.257 e. The van der Waals surface area contributed by atoms with E-state index in [9.17, 15) is 13.2 Å². The Bertz CT molecular complexity index is 1380. The summed E-state index contributed by atoms with van der Waals surface area (Å²) in [5, 5.41) is 5.25. The molecule has 158 valence electrons. The van der Waals surface area contributed by atoms with Crippen molar-refractivity contribution in [2.75, 3.05) is 11.6 Å². The number of carbonyl (C=O) groups is 1. The molecule has 31 heavy (non-hydrogen) atoms. The molecule has 0 bridgehead atoms. The highest BCUT2D eigenvalue weighted by Gasteiger charge is 2.16. The molecule has 6 nitrogen and oxygen atoms in total. The average Bonchev–Trinajstić information content (AvgIpc) is 3.40. The Hall–Kier alpha value is -2.65. The van der Waals surface area contributed by atoms with Crippen LogP contribution in [0.2, 0.25) is 10.0 Å². The lowest BCUT2D eigenvalue weighted by molar-refractivity contribution is 0.102. The molecule has 0 saturated heterocycles. The molecule has 2 aromatic heterocycles. The van der Waals surface area contributed by atoms with E-state index in [-0.39, 0.29) is 15.5 Å². The Balaban J connectivity index is 1.60. The van der Waals surface area contributed by atoms with Crippen molar-refractivity contribution in [1.82, 2.24) is 9.97 Å². The van der Waals surface area contributed by atoms with Gasteiger partial charge in [-0.1, -0.05) is 29.3 Å². The van der Waals surface area contributed by atoms with Crippen LogP contribution in [0.4, 0.5) is 5.69 Å². The first-order valence-corrected chi connectivity index (χ1v) is 12.4. The van der Waals surface area contributed by atoms with Gasteiger partial charge in [0, 0.05) is 17.5 Å². The molecule has 2 N–H and O–H groups in total. The number of rotatable bonds is 5. The number of sulfone groups is 1. The van der Waals surface area contributed by atoms with Gasteiger partial charge in [0.1, 0.15) is 5.82 Å². The molecule has 0 atom stereocenters. The third-order valence-corrected chi connectivity index (χ3v) is 7.11. The van der Waals surface area contributed by atoms with Gasteiger partial charge in [0.15, 0.2) is 9.84 Å². The summed E-state index contributed by atoms with van der Waals surface area (Å²) in [6.07, 6.45) is 2.80. The number of nitrogens with one attached hydrogen (secondary N) is 2. The van der Waals surface area contributed by atoms with Crippen molar-refractivity contribution >= 4 is 56.0 Å². The minimum Gasteiger partial charge on any atom is -0.337 e. The van der Waals surface area contributed by atoms with E-state index in [1.165, 1.54) is 18.2 Å². The smallest absolute Gasteiger partial charge is 0.257 e. The first-order valence-electron chi connectivity index (χ1n) is 8.92.